The largest absolute Gasteiger partial charge is 0.508 e. The summed E-state index contributed by atoms with van der Waals surface area (Å²) in [4.78, 5) is 11.6. The van der Waals surface area contributed by atoms with Gasteiger partial charge in [-0.2, -0.15) is 0 Å². The molecular weight excluding hydrogens is 218 g/mol. The van der Waals surface area contributed by atoms with Crippen molar-refractivity contribution in [2.24, 2.45) is 5.41 Å². The minimum absolute atomic E-state index is 0.102. The summed E-state index contributed by atoms with van der Waals surface area (Å²) >= 11 is 0. The second-order valence-electron chi connectivity index (χ2n) is 5.07. The minimum Gasteiger partial charge on any atom is -0.508 e. The van der Waals surface area contributed by atoms with E-state index in [0.29, 0.717) is 5.56 Å². The standard InChI is InChI=1S/C13H19NO3/c1-13(2,3)12(17)14-8-11(16)9-4-6-10(15)7-5-9/h4-7,11,15-16H,8H2,1-3H3,(H,14,17). The number of amides is 1. The number of nitrogens with one attached hydrogen (secondary N) is 1. The number of hydrogen-bond acceptors (Lipinski definition) is 3. The number of carbonyl (C=O) groups is 1. The molecule has 0 fully saturated rings. The molecule has 1 unspecified atom stereocenters. The van der Waals surface area contributed by atoms with Crippen LogP contribution in [0.15, 0.2) is 24.3 Å². The molecule has 4 heteroatoms. The highest BCUT2D eigenvalue weighted by molar-refractivity contribution is 5.81. The Balaban J connectivity index is 2.53. The summed E-state index contributed by atoms with van der Waals surface area (Å²) in [7, 11) is 0. The topological polar surface area (TPSA) is 69.6 Å². The maximum absolute atomic E-state index is 11.6. The van der Waals surface area contributed by atoms with E-state index in [9.17, 15) is 9.90 Å². The van der Waals surface area contributed by atoms with Crippen LogP contribution >= 0.6 is 0 Å². The van der Waals surface area contributed by atoms with E-state index in [2.05, 4.69) is 5.32 Å². The number of aromatic hydroxyl groups is 1. The van der Waals surface area contributed by atoms with Crippen molar-refractivity contribution < 1.29 is 15.0 Å². The van der Waals surface area contributed by atoms with Crippen LogP contribution in [-0.4, -0.2) is 22.7 Å². The molecule has 0 radical (unpaired) electrons. The molecule has 0 aliphatic heterocycles. The Kier molecular flexibility index (Phi) is 4.12. The van der Waals surface area contributed by atoms with Gasteiger partial charge in [-0.3, -0.25) is 4.79 Å². The van der Waals surface area contributed by atoms with Crippen LogP contribution in [0.3, 0.4) is 0 Å². The first-order chi connectivity index (χ1) is 7.80. The monoisotopic (exact) mass is 237 g/mol. The van der Waals surface area contributed by atoms with Gasteiger partial charge >= 0.3 is 0 Å². The number of hydrogen-bond donors (Lipinski definition) is 3. The van der Waals surface area contributed by atoms with Crippen LogP contribution in [0.4, 0.5) is 0 Å². The van der Waals surface area contributed by atoms with Gasteiger partial charge in [0.05, 0.1) is 6.10 Å². The maximum Gasteiger partial charge on any atom is 0.225 e. The first kappa shape index (κ1) is 13.5. The molecule has 1 amide bonds. The number of rotatable bonds is 3. The van der Waals surface area contributed by atoms with Crippen molar-refractivity contribution in [3.05, 3.63) is 29.8 Å². The highest BCUT2D eigenvalue weighted by atomic mass is 16.3. The second kappa shape index (κ2) is 5.19. The normalized spacial score (nSPS) is 13.2. The Morgan fingerprint density at radius 3 is 2.29 bits per heavy atom. The van der Waals surface area contributed by atoms with Gasteiger partial charge in [0.1, 0.15) is 5.75 Å². The predicted molar refractivity (Wildman–Crippen MR) is 65.5 cm³/mol. The van der Waals surface area contributed by atoms with Crippen molar-refractivity contribution in [2.75, 3.05) is 6.54 Å². The van der Waals surface area contributed by atoms with Crippen LogP contribution in [0, 0.1) is 5.41 Å². The molecule has 4 nitrogen and oxygen atoms in total. The predicted octanol–water partition coefficient (Wildman–Crippen LogP) is 1.59. The second-order valence-corrected chi connectivity index (χ2v) is 5.07. The van der Waals surface area contributed by atoms with Gasteiger partial charge in [0.25, 0.3) is 0 Å². The average molecular weight is 237 g/mol. The average Bonchev–Trinajstić information content (AvgIpc) is 2.25. The summed E-state index contributed by atoms with van der Waals surface area (Å²) in [6, 6.07) is 6.26. The Bertz CT molecular complexity index is 379. The van der Waals surface area contributed by atoms with Gasteiger partial charge in [-0.1, -0.05) is 32.9 Å². The summed E-state index contributed by atoms with van der Waals surface area (Å²) in [5.41, 5.74) is 0.200. The fourth-order valence-electron chi connectivity index (χ4n) is 1.27. The van der Waals surface area contributed by atoms with E-state index in [0.717, 1.165) is 0 Å². The Labute approximate surface area is 101 Å². The molecule has 0 saturated heterocycles. The fraction of sp³-hybridized carbons (Fsp3) is 0.462. The van der Waals surface area contributed by atoms with Crippen LogP contribution in [-0.2, 0) is 4.79 Å². The molecule has 0 heterocycles. The molecule has 0 aliphatic rings. The number of benzene rings is 1. The first-order valence-corrected chi connectivity index (χ1v) is 5.56. The fourth-order valence-corrected chi connectivity index (χ4v) is 1.27. The van der Waals surface area contributed by atoms with Gasteiger partial charge in [-0.15, -0.1) is 0 Å². The zero-order valence-electron chi connectivity index (χ0n) is 10.4. The lowest BCUT2D eigenvalue weighted by atomic mass is 9.95. The molecular formula is C13H19NO3. The van der Waals surface area contributed by atoms with Crippen molar-refractivity contribution >= 4 is 5.91 Å². The zero-order valence-corrected chi connectivity index (χ0v) is 10.4. The third-order valence-electron chi connectivity index (χ3n) is 2.42. The molecule has 94 valence electrons. The molecule has 0 aromatic heterocycles. The third-order valence-corrected chi connectivity index (χ3v) is 2.42. The quantitative estimate of drug-likeness (QED) is 0.747. The molecule has 3 N–H and O–H groups in total. The van der Waals surface area contributed by atoms with Gasteiger partial charge in [-0.05, 0) is 17.7 Å². The molecule has 1 atom stereocenters. The minimum atomic E-state index is -0.762. The molecule has 0 aliphatic carbocycles. The maximum atomic E-state index is 11.6. The van der Waals surface area contributed by atoms with E-state index in [-0.39, 0.29) is 18.2 Å². The molecule has 17 heavy (non-hydrogen) atoms. The van der Waals surface area contributed by atoms with Crippen LogP contribution in [0.2, 0.25) is 0 Å². The van der Waals surface area contributed by atoms with Gasteiger partial charge in [0, 0.05) is 12.0 Å². The number of carbonyl (C=O) groups excluding carboxylic acids is 1. The number of phenols is 1. The zero-order chi connectivity index (χ0) is 13.1. The molecule has 1 aromatic carbocycles. The summed E-state index contributed by atoms with van der Waals surface area (Å²) < 4.78 is 0. The van der Waals surface area contributed by atoms with Gasteiger partial charge in [-0.25, -0.2) is 0 Å². The van der Waals surface area contributed by atoms with E-state index in [1.807, 2.05) is 20.8 Å². The van der Waals surface area contributed by atoms with Crippen LogP contribution in [0.25, 0.3) is 0 Å². The van der Waals surface area contributed by atoms with Crippen LogP contribution in [0.1, 0.15) is 32.4 Å². The summed E-state index contributed by atoms with van der Waals surface area (Å²) in [5.74, 6) is 0.0509. The first-order valence-electron chi connectivity index (χ1n) is 5.56. The number of aliphatic hydroxyl groups excluding tert-OH is 1. The molecule has 0 spiro atoms. The smallest absolute Gasteiger partial charge is 0.225 e. The Hall–Kier alpha value is -1.55. The Morgan fingerprint density at radius 2 is 1.82 bits per heavy atom. The molecule has 1 rings (SSSR count). The molecule has 0 saturated carbocycles. The van der Waals surface area contributed by atoms with E-state index in [4.69, 9.17) is 5.11 Å². The van der Waals surface area contributed by atoms with Crippen molar-refractivity contribution in [1.82, 2.24) is 5.32 Å². The van der Waals surface area contributed by atoms with Crippen molar-refractivity contribution in [3.63, 3.8) is 0 Å². The molecule has 1 aromatic rings. The van der Waals surface area contributed by atoms with E-state index >= 15 is 0 Å². The summed E-state index contributed by atoms with van der Waals surface area (Å²) in [6.45, 7) is 5.61. The van der Waals surface area contributed by atoms with Crippen molar-refractivity contribution in [2.45, 2.75) is 26.9 Å². The molecule has 0 bridgehead atoms. The van der Waals surface area contributed by atoms with Gasteiger partial charge in [0.2, 0.25) is 5.91 Å². The SMILES string of the molecule is CC(C)(C)C(=O)NCC(O)c1ccc(O)cc1. The lowest BCUT2D eigenvalue weighted by Gasteiger charge is -2.19. The third kappa shape index (κ3) is 4.07. The van der Waals surface area contributed by atoms with Crippen LogP contribution in [0.5, 0.6) is 5.75 Å². The van der Waals surface area contributed by atoms with Gasteiger partial charge in [0.15, 0.2) is 0 Å². The summed E-state index contributed by atoms with van der Waals surface area (Å²) in [6.07, 6.45) is -0.762. The van der Waals surface area contributed by atoms with Gasteiger partial charge < -0.3 is 15.5 Å². The number of phenolic OH excluding ortho intramolecular Hbond substituents is 1. The van der Waals surface area contributed by atoms with Crippen molar-refractivity contribution in [3.8, 4) is 5.75 Å². The highest BCUT2D eigenvalue weighted by Gasteiger charge is 2.21. The lowest BCUT2D eigenvalue weighted by Crippen LogP contribution is -2.37. The van der Waals surface area contributed by atoms with E-state index in [1.54, 1.807) is 12.1 Å². The van der Waals surface area contributed by atoms with E-state index < -0.39 is 11.5 Å². The number of aliphatic hydroxyl groups is 1. The summed E-state index contributed by atoms with van der Waals surface area (Å²) in [5, 5.41) is 21.6. The lowest BCUT2D eigenvalue weighted by molar-refractivity contribution is -0.128. The highest BCUT2D eigenvalue weighted by Crippen LogP contribution is 2.17. The van der Waals surface area contributed by atoms with Crippen LogP contribution < -0.4 is 5.32 Å². The van der Waals surface area contributed by atoms with Crippen molar-refractivity contribution in [1.29, 1.82) is 0 Å². The Morgan fingerprint density at radius 1 is 1.29 bits per heavy atom. The van der Waals surface area contributed by atoms with E-state index in [1.165, 1.54) is 12.1 Å².